The molecule has 1 aromatic heterocycles. The van der Waals surface area contributed by atoms with E-state index >= 15 is 0 Å². The minimum absolute atomic E-state index is 0.0226. The van der Waals surface area contributed by atoms with Gasteiger partial charge in [0.25, 0.3) is 5.91 Å². The molecule has 2 aromatic carbocycles. The lowest BCUT2D eigenvalue weighted by atomic mass is 9.86. The second-order valence-electron chi connectivity index (χ2n) is 11.7. The number of methoxy groups -OCH3 is 1. The van der Waals surface area contributed by atoms with Crippen LogP contribution in [-0.4, -0.2) is 60.7 Å². The molecular formula is C33H38Cl2N4O3S. The van der Waals surface area contributed by atoms with E-state index in [2.05, 4.69) is 28.5 Å². The summed E-state index contributed by atoms with van der Waals surface area (Å²) >= 11 is 14.4. The molecule has 1 aliphatic carbocycles. The van der Waals surface area contributed by atoms with Gasteiger partial charge in [-0.2, -0.15) is 0 Å². The van der Waals surface area contributed by atoms with Crippen LogP contribution in [0.4, 0.5) is 0 Å². The lowest BCUT2D eigenvalue weighted by Gasteiger charge is -2.40. The van der Waals surface area contributed by atoms with Gasteiger partial charge in [0, 0.05) is 49.9 Å². The highest BCUT2D eigenvalue weighted by Crippen LogP contribution is 2.39. The van der Waals surface area contributed by atoms with E-state index in [0.29, 0.717) is 35.0 Å². The number of ether oxygens (including phenoxy) is 2. The summed E-state index contributed by atoms with van der Waals surface area (Å²) in [5.74, 6) is 1.52. The van der Waals surface area contributed by atoms with Crippen molar-refractivity contribution in [2.24, 2.45) is 0 Å². The molecule has 2 atom stereocenters. The maximum absolute atomic E-state index is 14.5. The van der Waals surface area contributed by atoms with Crippen LogP contribution in [0.1, 0.15) is 52.3 Å². The quantitative estimate of drug-likeness (QED) is 0.237. The SMILES string of the molecule is COc1cccc(CN(C(=O)C2=C(c3cnc(CCCOc4c(Cl)cc(C)cc4Cl)s3)CC3CNC[C@H]2N3)C2CC2)c1C. The number of rotatable bonds is 11. The van der Waals surface area contributed by atoms with E-state index in [9.17, 15) is 4.79 Å². The van der Waals surface area contributed by atoms with Gasteiger partial charge in [0.15, 0.2) is 5.75 Å². The molecule has 10 heteroatoms. The average Bonchev–Trinajstić information content (AvgIpc) is 3.72. The molecule has 2 bridgehead atoms. The Kier molecular flexibility index (Phi) is 9.31. The minimum atomic E-state index is -0.0226. The average molecular weight is 642 g/mol. The van der Waals surface area contributed by atoms with Crippen LogP contribution in [0.15, 0.2) is 42.1 Å². The molecule has 43 heavy (non-hydrogen) atoms. The standard InChI is InChI=1S/C33H38Cl2N4O3S/c1-19-12-25(34)32(26(35)13-19)42-11-5-8-30-37-17-29(43-30)24-14-22-15-36-16-27(38-22)31(24)33(40)39(23-9-10-23)18-21-6-4-7-28(41-3)20(21)2/h4,6-7,12-13,17,22-23,27,36,38H,5,8-11,14-16,18H2,1-3H3/t22?,27-/m1/s1. The number of carbonyl (C=O) groups is 1. The molecule has 1 unspecified atom stereocenters. The van der Waals surface area contributed by atoms with Gasteiger partial charge >= 0.3 is 0 Å². The molecule has 6 rings (SSSR count). The lowest BCUT2D eigenvalue weighted by molar-refractivity contribution is -0.128. The van der Waals surface area contributed by atoms with Crippen molar-refractivity contribution in [3.05, 3.63) is 78.7 Å². The fourth-order valence-electron chi connectivity index (χ4n) is 6.13. The number of carbonyl (C=O) groups excluding carboxylic acids is 1. The Labute approximate surface area is 267 Å². The number of hydrogen-bond acceptors (Lipinski definition) is 7. The number of nitrogens with zero attached hydrogens (tertiary/aromatic N) is 2. The monoisotopic (exact) mass is 640 g/mol. The highest BCUT2D eigenvalue weighted by atomic mass is 35.5. The van der Waals surface area contributed by atoms with Gasteiger partial charge in [-0.1, -0.05) is 35.3 Å². The number of aryl methyl sites for hydroxylation is 2. The van der Waals surface area contributed by atoms with E-state index in [-0.39, 0.29) is 18.0 Å². The number of fused-ring (bicyclic) bond motifs is 2. The normalized spacial score (nSPS) is 19.8. The molecule has 2 aliphatic heterocycles. The molecule has 1 saturated heterocycles. The largest absolute Gasteiger partial charge is 0.496 e. The van der Waals surface area contributed by atoms with Gasteiger partial charge in [0.05, 0.1) is 39.7 Å². The van der Waals surface area contributed by atoms with E-state index < -0.39 is 0 Å². The van der Waals surface area contributed by atoms with Crippen LogP contribution < -0.4 is 20.1 Å². The van der Waals surface area contributed by atoms with Crippen molar-refractivity contribution in [2.75, 3.05) is 26.8 Å². The summed E-state index contributed by atoms with van der Waals surface area (Å²) in [5, 5.41) is 9.35. The summed E-state index contributed by atoms with van der Waals surface area (Å²) in [5.41, 5.74) is 5.24. The number of nitrogens with one attached hydrogen (secondary N) is 2. The predicted molar refractivity (Wildman–Crippen MR) is 174 cm³/mol. The molecule has 1 amide bonds. The summed E-state index contributed by atoms with van der Waals surface area (Å²) in [6.45, 7) is 6.72. The molecule has 2 N–H and O–H groups in total. The molecule has 3 aliphatic rings. The van der Waals surface area contributed by atoms with Crippen molar-refractivity contribution < 1.29 is 14.3 Å². The van der Waals surface area contributed by atoms with E-state index in [1.54, 1.807) is 18.4 Å². The second-order valence-corrected chi connectivity index (χ2v) is 13.6. The molecule has 3 heterocycles. The number of aromatic nitrogens is 1. The Hall–Kier alpha value is -2.62. The fourth-order valence-corrected chi connectivity index (χ4v) is 7.86. The number of amides is 1. The Bertz CT molecular complexity index is 1510. The van der Waals surface area contributed by atoms with Gasteiger partial charge in [-0.3, -0.25) is 4.79 Å². The van der Waals surface area contributed by atoms with Crippen LogP contribution >= 0.6 is 34.5 Å². The van der Waals surface area contributed by atoms with Gasteiger partial charge in [0.1, 0.15) is 5.75 Å². The third-order valence-electron chi connectivity index (χ3n) is 8.51. The minimum Gasteiger partial charge on any atom is -0.496 e. The van der Waals surface area contributed by atoms with Crippen molar-refractivity contribution in [1.29, 1.82) is 0 Å². The van der Waals surface area contributed by atoms with Crippen LogP contribution in [0.2, 0.25) is 10.0 Å². The summed E-state index contributed by atoms with van der Waals surface area (Å²) in [4.78, 5) is 22.4. The van der Waals surface area contributed by atoms with Crippen LogP contribution in [-0.2, 0) is 17.8 Å². The third-order valence-corrected chi connectivity index (χ3v) is 10.2. The van der Waals surface area contributed by atoms with Crippen molar-refractivity contribution >= 4 is 46.0 Å². The van der Waals surface area contributed by atoms with Crippen molar-refractivity contribution in [1.82, 2.24) is 20.5 Å². The third kappa shape index (κ3) is 6.74. The number of thiazole rings is 1. The summed E-state index contributed by atoms with van der Waals surface area (Å²) in [6.07, 6.45) is 6.41. The molecule has 2 fully saturated rings. The number of halogens is 2. The predicted octanol–water partition coefficient (Wildman–Crippen LogP) is 6.37. The smallest absolute Gasteiger partial charge is 0.252 e. The maximum Gasteiger partial charge on any atom is 0.252 e. The zero-order valence-electron chi connectivity index (χ0n) is 24.8. The lowest BCUT2D eigenvalue weighted by Crippen LogP contribution is -2.59. The van der Waals surface area contributed by atoms with Gasteiger partial charge in [0.2, 0.25) is 0 Å². The summed E-state index contributed by atoms with van der Waals surface area (Å²) in [7, 11) is 1.69. The number of hydrogen-bond donors (Lipinski definition) is 2. The summed E-state index contributed by atoms with van der Waals surface area (Å²) < 4.78 is 11.5. The first kappa shape index (κ1) is 30.4. The van der Waals surface area contributed by atoms with Crippen LogP contribution in [0.3, 0.4) is 0 Å². The zero-order chi connectivity index (χ0) is 30.1. The Morgan fingerprint density at radius 1 is 1.16 bits per heavy atom. The van der Waals surface area contributed by atoms with E-state index in [1.165, 1.54) is 0 Å². The Morgan fingerprint density at radius 3 is 2.70 bits per heavy atom. The van der Waals surface area contributed by atoms with Crippen molar-refractivity contribution in [3.63, 3.8) is 0 Å². The van der Waals surface area contributed by atoms with Crippen molar-refractivity contribution in [2.45, 2.75) is 70.6 Å². The number of benzene rings is 2. The Balaban J connectivity index is 1.21. The molecule has 0 spiro atoms. The second kappa shape index (κ2) is 13.2. The van der Waals surface area contributed by atoms with Crippen LogP contribution in [0.5, 0.6) is 11.5 Å². The Morgan fingerprint density at radius 2 is 1.95 bits per heavy atom. The fraction of sp³-hybridized carbons (Fsp3) is 0.455. The topological polar surface area (TPSA) is 75.7 Å². The highest BCUT2D eigenvalue weighted by molar-refractivity contribution is 7.12. The molecule has 0 radical (unpaired) electrons. The van der Waals surface area contributed by atoms with E-state index in [0.717, 1.165) is 88.7 Å². The molecular weight excluding hydrogens is 603 g/mol. The maximum atomic E-state index is 14.5. The highest BCUT2D eigenvalue weighted by Gasteiger charge is 2.41. The van der Waals surface area contributed by atoms with Gasteiger partial charge < -0.3 is 25.0 Å². The first-order valence-electron chi connectivity index (χ1n) is 15.0. The molecule has 228 valence electrons. The summed E-state index contributed by atoms with van der Waals surface area (Å²) in [6, 6.07) is 10.3. The van der Waals surface area contributed by atoms with Crippen LogP contribution in [0.25, 0.3) is 5.57 Å². The van der Waals surface area contributed by atoms with Crippen LogP contribution in [0, 0.1) is 13.8 Å². The van der Waals surface area contributed by atoms with E-state index in [4.69, 9.17) is 37.7 Å². The van der Waals surface area contributed by atoms with Gasteiger partial charge in [-0.15, -0.1) is 11.3 Å². The van der Waals surface area contributed by atoms with Crippen molar-refractivity contribution in [3.8, 4) is 11.5 Å². The van der Waals surface area contributed by atoms with Gasteiger partial charge in [-0.05, 0) is 80.0 Å². The zero-order valence-corrected chi connectivity index (χ0v) is 27.2. The number of piperazine rings is 1. The molecule has 3 aromatic rings. The first-order valence-corrected chi connectivity index (χ1v) is 16.6. The molecule has 1 saturated carbocycles. The van der Waals surface area contributed by atoms with Gasteiger partial charge in [-0.25, -0.2) is 4.98 Å². The van der Waals surface area contributed by atoms with E-state index in [1.807, 2.05) is 37.4 Å². The first-order chi connectivity index (χ1) is 20.8. The molecule has 7 nitrogen and oxygen atoms in total.